The normalized spacial score (nSPS) is 13.0. The molecule has 0 aliphatic heterocycles. The number of rotatable bonds is 5. The molecule has 0 aromatic heterocycles. The standard InChI is InChI=1S/C15H14Cl2O4/c1-3-8-5-9-6-10(21-7-11(18)20-4-2)13(16)14(17)12(9)15(8)19/h5-6H,3-4,7H2,1-2H3. The second-order valence-corrected chi connectivity index (χ2v) is 5.17. The number of hydrogen-bond donors (Lipinski definition) is 0. The van der Waals surface area contributed by atoms with Gasteiger partial charge in [-0.3, -0.25) is 4.79 Å². The van der Waals surface area contributed by atoms with Crippen molar-refractivity contribution in [3.63, 3.8) is 0 Å². The van der Waals surface area contributed by atoms with E-state index in [2.05, 4.69) is 0 Å². The average Bonchev–Trinajstić information content (AvgIpc) is 2.78. The summed E-state index contributed by atoms with van der Waals surface area (Å²) in [6.45, 7) is 3.61. The maximum absolute atomic E-state index is 12.1. The first-order valence-corrected chi connectivity index (χ1v) is 7.30. The number of benzene rings is 1. The number of Topliss-reactive ketones (excluding diaryl/α,β-unsaturated/α-hetero) is 1. The Morgan fingerprint density at radius 1 is 1.24 bits per heavy atom. The quantitative estimate of drug-likeness (QED) is 0.768. The van der Waals surface area contributed by atoms with E-state index in [1.807, 2.05) is 6.92 Å². The molecule has 0 heterocycles. The van der Waals surface area contributed by atoms with Gasteiger partial charge in [0.2, 0.25) is 0 Å². The molecular weight excluding hydrogens is 315 g/mol. The highest BCUT2D eigenvalue weighted by molar-refractivity contribution is 6.46. The van der Waals surface area contributed by atoms with Crippen molar-refractivity contribution in [2.45, 2.75) is 20.3 Å². The summed E-state index contributed by atoms with van der Waals surface area (Å²) in [5, 5.41) is 0.275. The van der Waals surface area contributed by atoms with E-state index in [0.29, 0.717) is 23.1 Å². The highest BCUT2D eigenvalue weighted by Crippen LogP contribution is 2.42. The van der Waals surface area contributed by atoms with Gasteiger partial charge in [-0.15, -0.1) is 0 Å². The lowest BCUT2D eigenvalue weighted by Crippen LogP contribution is -2.15. The summed E-state index contributed by atoms with van der Waals surface area (Å²) in [6.07, 6.45) is 2.37. The Balaban J connectivity index is 2.30. The van der Waals surface area contributed by atoms with Crippen molar-refractivity contribution in [3.8, 4) is 5.75 Å². The zero-order valence-electron chi connectivity index (χ0n) is 11.7. The fourth-order valence-electron chi connectivity index (χ4n) is 2.09. The van der Waals surface area contributed by atoms with E-state index < -0.39 is 5.97 Å². The van der Waals surface area contributed by atoms with Gasteiger partial charge in [-0.2, -0.15) is 0 Å². The molecule has 1 aromatic rings. The van der Waals surface area contributed by atoms with Crippen LogP contribution in [0.4, 0.5) is 0 Å². The third kappa shape index (κ3) is 3.06. The van der Waals surface area contributed by atoms with Crippen LogP contribution >= 0.6 is 23.2 Å². The van der Waals surface area contributed by atoms with Crippen LogP contribution < -0.4 is 4.74 Å². The molecule has 1 aliphatic rings. The van der Waals surface area contributed by atoms with Crippen molar-refractivity contribution in [3.05, 3.63) is 32.8 Å². The molecule has 1 aliphatic carbocycles. The Hall–Kier alpha value is -1.52. The average molecular weight is 329 g/mol. The fourth-order valence-corrected chi connectivity index (χ4v) is 2.58. The van der Waals surface area contributed by atoms with Gasteiger partial charge in [0.15, 0.2) is 12.4 Å². The summed E-state index contributed by atoms with van der Waals surface area (Å²) >= 11 is 12.3. The number of hydrogen-bond acceptors (Lipinski definition) is 4. The first-order chi connectivity index (χ1) is 9.99. The third-order valence-corrected chi connectivity index (χ3v) is 3.93. The molecule has 2 rings (SSSR count). The van der Waals surface area contributed by atoms with Crippen LogP contribution in [-0.2, 0) is 9.53 Å². The molecule has 0 atom stereocenters. The molecule has 0 bridgehead atoms. The largest absolute Gasteiger partial charge is 0.480 e. The Kier molecular flexibility index (Phi) is 4.91. The molecule has 112 valence electrons. The van der Waals surface area contributed by atoms with Crippen molar-refractivity contribution in [2.75, 3.05) is 13.2 Å². The van der Waals surface area contributed by atoms with E-state index in [4.69, 9.17) is 32.7 Å². The lowest BCUT2D eigenvalue weighted by molar-refractivity contribution is -0.145. The lowest BCUT2D eigenvalue weighted by Gasteiger charge is -2.11. The zero-order valence-corrected chi connectivity index (χ0v) is 13.2. The van der Waals surface area contributed by atoms with Gasteiger partial charge in [0.1, 0.15) is 10.8 Å². The first kappa shape index (κ1) is 15.9. The minimum Gasteiger partial charge on any atom is -0.480 e. The van der Waals surface area contributed by atoms with Crippen molar-refractivity contribution in [1.29, 1.82) is 0 Å². The van der Waals surface area contributed by atoms with Crippen molar-refractivity contribution in [2.24, 2.45) is 0 Å². The molecule has 6 heteroatoms. The van der Waals surface area contributed by atoms with E-state index in [9.17, 15) is 9.59 Å². The third-order valence-electron chi connectivity index (χ3n) is 3.08. The predicted octanol–water partition coefficient (Wildman–Crippen LogP) is 3.93. The van der Waals surface area contributed by atoms with Gasteiger partial charge in [0.05, 0.1) is 11.6 Å². The number of esters is 1. The maximum Gasteiger partial charge on any atom is 0.344 e. The highest BCUT2D eigenvalue weighted by atomic mass is 35.5. The second kappa shape index (κ2) is 6.50. The predicted molar refractivity (Wildman–Crippen MR) is 81.2 cm³/mol. The van der Waals surface area contributed by atoms with Crippen LogP contribution in [0.1, 0.15) is 36.2 Å². The molecule has 0 radical (unpaired) electrons. The molecule has 0 fully saturated rings. The first-order valence-electron chi connectivity index (χ1n) is 6.55. The lowest BCUT2D eigenvalue weighted by atomic mass is 10.1. The van der Waals surface area contributed by atoms with Gasteiger partial charge in [0.25, 0.3) is 0 Å². The molecule has 0 unspecified atom stereocenters. The van der Waals surface area contributed by atoms with E-state index in [0.717, 1.165) is 0 Å². The monoisotopic (exact) mass is 328 g/mol. The van der Waals surface area contributed by atoms with Crippen LogP contribution in [0.15, 0.2) is 11.6 Å². The van der Waals surface area contributed by atoms with Crippen molar-refractivity contribution < 1.29 is 19.1 Å². The zero-order chi connectivity index (χ0) is 15.6. The van der Waals surface area contributed by atoms with Gasteiger partial charge in [-0.05, 0) is 31.1 Å². The van der Waals surface area contributed by atoms with E-state index >= 15 is 0 Å². The van der Waals surface area contributed by atoms with Crippen LogP contribution in [0.5, 0.6) is 5.75 Å². The van der Waals surface area contributed by atoms with Gasteiger partial charge >= 0.3 is 5.97 Å². The summed E-state index contributed by atoms with van der Waals surface area (Å²) in [5.74, 6) is -0.350. The Labute approximate surface area is 132 Å². The summed E-state index contributed by atoms with van der Waals surface area (Å²) in [7, 11) is 0. The van der Waals surface area contributed by atoms with Crippen LogP contribution in [0, 0.1) is 0 Å². The minimum atomic E-state index is -0.494. The SMILES string of the molecule is CCOC(=O)COc1cc2c(c(Cl)c1Cl)C(=O)C(CC)=C2. The molecule has 4 nitrogen and oxygen atoms in total. The molecule has 21 heavy (non-hydrogen) atoms. The molecule has 1 aromatic carbocycles. The van der Waals surface area contributed by atoms with Gasteiger partial charge in [-0.25, -0.2) is 4.79 Å². The van der Waals surface area contributed by atoms with Gasteiger partial charge < -0.3 is 9.47 Å². The number of allylic oxidation sites excluding steroid dienone is 1. The maximum atomic E-state index is 12.1. The van der Waals surface area contributed by atoms with E-state index in [-0.39, 0.29) is 34.8 Å². The number of fused-ring (bicyclic) bond motifs is 1. The highest BCUT2D eigenvalue weighted by Gasteiger charge is 2.27. The van der Waals surface area contributed by atoms with E-state index in [1.54, 1.807) is 19.1 Å². The summed E-state index contributed by atoms with van der Waals surface area (Å²) in [5.41, 5.74) is 1.72. The van der Waals surface area contributed by atoms with Crippen LogP contribution in [-0.4, -0.2) is 25.0 Å². The molecule has 0 spiro atoms. The Bertz CT molecular complexity index is 635. The number of ketones is 1. The molecule has 0 N–H and O–H groups in total. The summed E-state index contributed by atoms with van der Waals surface area (Å²) in [6, 6.07) is 1.61. The summed E-state index contributed by atoms with van der Waals surface area (Å²) < 4.78 is 10.1. The second-order valence-electron chi connectivity index (χ2n) is 4.41. The topological polar surface area (TPSA) is 52.6 Å². The number of carbonyl (C=O) groups excluding carboxylic acids is 2. The van der Waals surface area contributed by atoms with Crippen molar-refractivity contribution in [1.82, 2.24) is 0 Å². The number of carbonyl (C=O) groups is 2. The summed E-state index contributed by atoms with van der Waals surface area (Å²) in [4.78, 5) is 23.4. The number of ether oxygens (including phenoxy) is 2. The molecule has 0 amide bonds. The van der Waals surface area contributed by atoms with Gasteiger partial charge in [-0.1, -0.05) is 30.1 Å². The molecule has 0 saturated heterocycles. The van der Waals surface area contributed by atoms with Gasteiger partial charge in [0, 0.05) is 11.1 Å². The molecular formula is C15H14Cl2O4. The van der Waals surface area contributed by atoms with Crippen LogP contribution in [0.2, 0.25) is 10.0 Å². The van der Waals surface area contributed by atoms with Crippen molar-refractivity contribution >= 4 is 41.0 Å². The Morgan fingerprint density at radius 3 is 2.57 bits per heavy atom. The Morgan fingerprint density at radius 2 is 1.95 bits per heavy atom. The minimum absolute atomic E-state index is 0.114. The van der Waals surface area contributed by atoms with Crippen LogP contribution in [0.25, 0.3) is 6.08 Å². The smallest absolute Gasteiger partial charge is 0.344 e. The number of halogens is 2. The fraction of sp³-hybridized carbons (Fsp3) is 0.333. The van der Waals surface area contributed by atoms with Crippen LogP contribution in [0.3, 0.4) is 0 Å². The van der Waals surface area contributed by atoms with E-state index in [1.165, 1.54) is 0 Å². The molecule has 0 saturated carbocycles.